The van der Waals surface area contributed by atoms with Gasteiger partial charge in [-0.3, -0.25) is 14.4 Å². The zero-order valence-corrected chi connectivity index (χ0v) is 20.5. The van der Waals surface area contributed by atoms with Crippen molar-refractivity contribution in [1.29, 1.82) is 0 Å². The molecule has 0 spiro atoms. The molecule has 4 rings (SSSR count). The second-order valence-corrected chi connectivity index (χ2v) is 11.5. The molecule has 4 aliphatic carbocycles. The van der Waals surface area contributed by atoms with Crippen LogP contribution in [0.2, 0.25) is 0 Å². The Labute approximate surface area is 198 Å². The maximum absolute atomic E-state index is 17.2. The highest BCUT2D eigenvalue weighted by molar-refractivity contribution is 7.96. The quantitative estimate of drug-likeness (QED) is 0.470. The zero-order chi connectivity index (χ0) is 24.7. The predicted molar refractivity (Wildman–Crippen MR) is 121 cm³/mol. The molecule has 0 aromatic rings. The van der Waals surface area contributed by atoms with Crippen LogP contribution in [0.3, 0.4) is 0 Å². The van der Waals surface area contributed by atoms with Gasteiger partial charge >= 0.3 is 5.97 Å². The third-order valence-electron chi connectivity index (χ3n) is 9.22. The van der Waals surface area contributed by atoms with E-state index in [-0.39, 0.29) is 18.4 Å². The van der Waals surface area contributed by atoms with Crippen LogP contribution in [0.5, 0.6) is 0 Å². The summed E-state index contributed by atoms with van der Waals surface area (Å²) in [5, 5.41) is 10.7. The molecule has 182 valence electrons. The Morgan fingerprint density at radius 3 is 2.45 bits per heavy atom. The lowest BCUT2D eigenvalue weighted by atomic mass is 9.44. The Bertz CT molecular complexity index is 978. The summed E-state index contributed by atoms with van der Waals surface area (Å²) < 4.78 is 38.5. The number of esters is 1. The summed E-state index contributed by atoms with van der Waals surface area (Å²) in [5.74, 6) is -3.47. The van der Waals surface area contributed by atoms with Crippen molar-refractivity contribution in [3.05, 3.63) is 23.8 Å². The van der Waals surface area contributed by atoms with Gasteiger partial charge in [-0.25, -0.2) is 8.78 Å². The summed E-state index contributed by atoms with van der Waals surface area (Å²) in [5.41, 5.74) is -6.50. The molecule has 0 heterocycles. The number of thiol groups is 1. The fraction of sp³-hybridized carbons (Fsp3) is 0.720. The monoisotopic (exact) mass is 482 g/mol. The van der Waals surface area contributed by atoms with Crippen LogP contribution in [-0.4, -0.2) is 45.5 Å². The lowest BCUT2D eigenvalue weighted by Gasteiger charge is -2.63. The van der Waals surface area contributed by atoms with Crippen LogP contribution in [0.15, 0.2) is 23.8 Å². The largest absolute Gasteiger partial charge is 0.449 e. The third-order valence-corrected chi connectivity index (χ3v) is 9.55. The van der Waals surface area contributed by atoms with Gasteiger partial charge in [0.2, 0.25) is 5.12 Å². The minimum Gasteiger partial charge on any atom is -0.449 e. The van der Waals surface area contributed by atoms with Gasteiger partial charge in [0, 0.05) is 22.7 Å². The molecule has 8 heteroatoms. The second-order valence-electron chi connectivity index (χ2n) is 11.1. The van der Waals surface area contributed by atoms with E-state index >= 15 is 8.78 Å². The van der Waals surface area contributed by atoms with Crippen molar-refractivity contribution in [2.24, 2.45) is 34.5 Å². The van der Waals surface area contributed by atoms with Crippen molar-refractivity contribution in [1.82, 2.24) is 0 Å². The Kier molecular flexibility index (Phi) is 5.57. The number of ketones is 1. The number of aliphatic hydroxyl groups is 1. The lowest BCUT2D eigenvalue weighted by molar-refractivity contribution is -0.229. The average molecular weight is 483 g/mol. The van der Waals surface area contributed by atoms with E-state index in [4.69, 9.17) is 4.74 Å². The van der Waals surface area contributed by atoms with E-state index in [0.29, 0.717) is 6.42 Å². The molecule has 3 fully saturated rings. The van der Waals surface area contributed by atoms with E-state index in [0.717, 1.165) is 6.08 Å². The smallest absolute Gasteiger partial charge is 0.309 e. The third kappa shape index (κ3) is 2.89. The number of hydrogen-bond acceptors (Lipinski definition) is 5. The van der Waals surface area contributed by atoms with E-state index in [2.05, 4.69) is 12.6 Å². The molecule has 0 bridgehead atoms. The predicted octanol–water partition coefficient (Wildman–Crippen LogP) is 3.95. The number of alkyl halides is 2. The molecule has 0 radical (unpaired) electrons. The van der Waals surface area contributed by atoms with Crippen molar-refractivity contribution in [3.8, 4) is 0 Å². The number of aliphatic hydroxyl groups excluding tert-OH is 1. The van der Waals surface area contributed by atoms with Crippen LogP contribution in [0.25, 0.3) is 0 Å². The molecule has 0 aromatic carbocycles. The number of ether oxygens (including phenoxy) is 1. The molecule has 0 amide bonds. The van der Waals surface area contributed by atoms with Crippen molar-refractivity contribution < 1.29 is 33.0 Å². The van der Waals surface area contributed by atoms with E-state index in [1.807, 2.05) is 0 Å². The van der Waals surface area contributed by atoms with Gasteiger partial charge in [-0.05, 0) is 49.8 Å². The maximum atomic E-state index is 17.2. The van der Waals surface area contributed by atoms with Crippen molar-refractivity contribution in [2.75, 3.05) is 0 Å². The first-order valence-electron chi connectivity index (χ1n) is 11.6. The summed E-state index contributed by atoms with van der Waals surface area (Å²) in [6.07, 6.45) is 0.549. The summed E-state index contributed by atoms with van der Waals surface area (Å²) in [4.78, 5) is 37.6. The van der Waals surface area contributed by atoms with E-state index in [1.165, 1.54) is 19.1 Å². The highest BCUT2D eigenvalue weighted by Crippen LogP contribution is 2.71. The van der Waals surface area contributed by atoms with Crippen LogP contribution in [0.4, 0.5) is 8.78 Å². The molecule has 0 unspecified atom stereocenters. The number of rotatable bonds is 3. The molecular weight excluding hydrogens is 450 g/mol. The Balaban J connectivity index is 1.87. The van der Waals surface area contributed by atoms with Gasteiger partial charge in [-0.15, -0.1) is 12.6 Å². The van der Waals surface area contributed by atoms with Crippen LogP contribution >= 0.6 is 12.6 Å². The van der Waals surface area contributed by atoms with E-state index in [1.54, 1.807) is 27.7 Å². The molecule has 0 aromatic heterocycles. The number of fused-ring (bicyclic) bond motifs is 5. The van der Waals surface area contributed by atoms with Crippen molar-refractivity contribution >= 4 is 29.5 Å². The standard InChI is InChI=1S/C25H32F2O5S/c1-12(2)20(30)32-25(21(31)33)13(3)8-15-16-10-18(26)17-9-14(28)6-7-22(17,4)24(16,27)19(29)11-23(15,25)5/h6-7,9,12-13,15-16,18-19,29H,8,10-11H2,1-5H3,(H,31,33)/t13-,15+,16+,18+,19+,22+,23+,24+,25+/m1/s1. The molecule has 0 aliphatic heterocycles. The first-order valence-corrected chi connectivity index (χ1v) is 12.0. The molecular formula is C25H32F2O5S. The maximum Gasteiger partial charge on any atom is 0.309 e. The summed E-state index contributed by atoms with van der Waals surface area (Å²) in [6.45, 7) is 8.33. The molecule has 9 atom stereocenters. The number of hydrogen-bond donors (Lipinski definition) is 2. The Morgan fingerprint density at radius 1 is 1.24 bits per heavy atom. The molecule has 5 nitrogen and oxygen atoms in total. The average Bonchev–Trinajstić information content (AvgIpc) is 2.93. The van der Waals surface area contributed by atoms with Gasteiger partial charge < -0.3 is 9.84 Å². The van der Waals surface area contributed by atoms with Crippen LogP contribution in [-0.2, 0) is 19.1 Å². The number of halogens is 2. The Morgan fingerprint density at radius 2 is 1.88 bits per heavy atom. The molecule has 4 aliphatic rings. The zero-order valence-electron chi connectivity index (χ0n) is 19.6. The molecule has 0 saturated heterocycles. The topological polar surface area (TPSA) is 80.7 Å². The highest BCUT2D eigenvalue weighted by Gasteiger charge is 2.77. The summed E-state index contributed by atoms with van der Waals surface area (Å²) in [7, 11) is 0. The van der Waals surface area contributed by atoms with E-state index in [9.17, 15) is 19.5 Å². The SMILES string of the molecule is CC(C)C(=O)O[C@]1(C(=O)S)[C@H](C)C[C@H]2[C@@H]3C[C@H](F)C4=CC(=O)C=C[C@]4(C)[C@@]3(F)[C@@H](O)C[C@@]21C. The summed E-state index contributed by atoms with van der Waals surface area (Å²) >= 11 is 4.12. The second kappa shape index (κ2) is 7.48. The fourth-order valence-corrected chi connectivity index (χ4v) is 8.04. The van der Waals surface area contributed by atoms with Crippen LogP contribution < -0.4 is 0 Å². The van der Waals surface area contributed by atoms with Gasteiger partial charge in [-0.2, -0.15) is 0 Å². The van der Waals surface area contributed by atoms with Gasteiger partial charge in [0.1, 0.15) is 6.17 Å². The normalized spacial score (nSPS) is 48.6. The van der Waals surface area contributed by atoms with Gasteiger partial charge in [0.25, 0.3) is 0 Å². The van der Waals surface area contributed by atoms with Crippen molar-refractivity contribution in [3.63, 3.8) is 0 Å². The summed E-state index contributed by atoms with van der Waals surface area (Å²) in [6, 6.07) is 0. The Hall–Kier alpha value is -1.54. The molecule has 1 N–H and O–H groups in total. The van der Waals surface area contributed by atoms with Crippen LogP contribution in [0.1, 0.15) is 53.9 Å². The molecule has 3 saturated carbocycles. The van der Waals surface area contributed by atoms with Gasteiger partial charge in [0.15, 0.2) is 17.1 Å². The number of carbonyl (C=O) groups excluding carboxylic acids is 3. The van der Waals surface area contributed by atoms with Crippen molar-refractivity contribution in [2.45, 2.75) is 77.4 Å². The minimum absolute atomic E-state index is 0.0465. The lowest BCUT2D eigenvalue weighted by Crippen LogP contribution is -2.70. The first-order chi connectivity index (χ1) is 15.2. The fourth-order valence-electron chi connectivity index (χ4n) is 7.52. The first kappa shape index (κ1) is 24.6. The number of allylic oxidation sites excluding steroid dienone is 4. The van der Waals surface area contributed by atoms with Crippen LogP contribution in [0, 0.1) is 34.5 Å². The van der Waals surface area contributed by atoms with Gasteiger partial charge in [-0.1, -0.05) is 33.8 Å². The molecule has 33 heavy (non-hydrogen) atoms. The highest BCUT2D eigenvalue weighted by atomic mass is 32.1. The minimum atomic E-state index is -2.25. The number of carbonyl (C=O) groups is 3. The van der Waals surface area contributed by atoms with E-state index < -0.39 is 74.9 Å². The van der Waals surface area contributed by atoms with Gasteiger partial charge in [0.05, 0.1) is 12.0 Å².